The largest absolute Gasteiger partial charge is 0.383 e. The number of nitrogens with two attached hydrogens (primary N) is 1. The van der Waals surface area contributed by atoms with Gasteiger partial charge >= 0.3 is 0 Å². The van der Waals surface area contributed by atoms with Gasteiger partial charge in [0.1, 0.15) is 5.82 Å². The molecule has 1 aliphatic heterocycles. The molecule has 1 fully saturated rings. The van der Waals surface area contributed by atoms with Gasteiger partial charge in [0, 0.05) is 34.3 Å². The van der Waals surface area contributed by atoms with E-state index in [9.17, 15) is 10.1 Å². The molecule has 2 aromatic heterocycles. The molecule has 1 aromatic carbocycles. The van der Waals surface area contributed by atoms with Crippen molar-refractivity contribution in [3.8, 4) is 18.4 Å². The summed E-state index contributed by atoms with van der Waals surface area (Å²) in [5.74, 6) is 2.71. The number of pyridine rings is 2. The van der Waals surface area contributed by atoms with Crippen LogP contribution in [0.2, 0.25) is 0 Å². The summed E-state index contributed by atoms with van der Waals surface area (Å²) in [6.45, 7) is 1.19. The molecule has 5 rings (SSSR count). The van der Waals surface area contributed by atoms with Gasteiger partial charge in [0.25, 0.3) is 5.91 Å². The number of nitriles is 1. The van der Waals surface area contributed by atoms with Crippen LogP contribution < -0.4 is 5.73 Å². The third kappa shape index (κ3) is 3.77. The Kier molecular flexibility index (Phi) is 5.42. The van der Waals surface area contributed by atoms with Crippen LogP contribution in [0.1, 0.15) is 52.0 Å². The third-order valence-electron chi connectivity index (χ3n) is 6.61. The SMILES string of the molecule is C#Cc1ccc(CN(C(=O)c2ccc3nc(N)c4c(c3c2)COC4)C2CCCC2C#N)nc1. The Morgan fingerprint density at radius 2 is 2.09 bits per heavy atom. The number of anilines is 1. The van der Waals surface area contributed by atoms with Crippen LogP contribution in [0.25, 0.3) is 10.9 Å². The number of nitrogen functional groups attached to an aromatic ring is 1. The van der Waals surface area contributed by atoms with E-state index in [2.05, 4.69) is 22.0 Å². The molecule has 2 unspecified atom stereocenters. The number of terminal acetylenes is 1. The molecule has 1 saturated carbocycles. The molecule has 2 atom stereocenters. The van der Waals surface area contributed by atoms with Crippen molar-refractivity contribution in [2.24, 2.45) is 5.92 Å². The molecule has 2 N–H and O–H groups in total. The molecular weight excluding hydrogens is 414 g/mol. The zero-order valence-electron chi connectivity index (χ0n) is 18.1. The quantitative estimate of drug-likeness (QED) is 0.626. The van der Waals surface area contributed by atoms with Gasteiger partial charge in [-0.2, -0.15) is 5.26 Å². The molecule has 0 radical (unpaired) electrons. The van der Waals surface area contributed by atoms with Crippen molar-refractivity contribution < 1.29 is 9.53 Å². The highest BCUT2D eigenvalue weighted by atomic mass is 16.5. The number of hydrogen-bond donors (Lipinski definition) is 1. The van der Waals surface area contributed by atoms with E-state index >= 15 is 0 Å². The first-order valence-corrected chi connectivity index (χ1v) is 11.0. The first-order chi connectivity index (χ1) is 16.1. The summed E-state index contributed by atoms with van der Waals surface area (Å²) in [5, 5.41) is 10.6. The smallest absolute Gasteiger partial charge is 0.254 e. The number of amides is 1. The van der Waals surface area contributed by atoms with E-state index in [1.54, 1.807) is 17.2 Å². The van der Waals surface area contributed by atoms with Crippen molar-refractivity contribution in [3.63, 3.8) is 0 Å². The Morgan fingerprint density at radius 1 is 1.24 bits per heavy atom. The van der Waals surface area contributed by atoms with Gasteiger partial charge in [-0.3, -0.25) is 9.78 Å². The molecule has 0 bridgehead atoms. The maximum Gasteiger partial charge on any atom is 0.254 e. The number of ether oxygens (including phenoxy) is 1. The number of hydrogen-bond acceptors (Lipinski definition) is 6. The lowest BCUT2D eigenvalue weighted by Gasteiger charge is -2.31. The number of nitrogens with zero attached hydrogens (tertiary/aromatic N) is 4. The minimum Gasteiger partial charge on any atom is -0.383 e. The summed E-state index contributed by atoms with van der Waals surface area (Å²) >= 11 is 0. The van der Waals surface area contributed by atoms with Crippen molar-refractivity contribution >= 4 is 22.6 Å². The second-order valence-corrected chi connectivity index (χ2v) is 8.53. The maximum atomic E-state index is 13.8. The van der Waals surface area contributed by atoms with Gasteiger partial charge < -0.3 is 15.4 Å². The Hall–Kier alpha value is -3.94. The maximum absolute atomic E-state index is 13.8. The molecule has 1 amide bonds. The van der Waals surface area contributed by atoms with Crippen molar-refractivity contribution in [2.75, 3.05) is 5.73 Å². The molecule has 0 spiro atoms. The van der Waals surface area contributed by atoms with Crippen LogP contribution in [0.3, 0.4) is 0 Å². The normalized spacial score (nSPS) is 19.1. The van der Waals surface area contributed by atoms with E-state index in [1.807, 2.05) is 24.3 Å². The number of aromatic nitrogens is 2. The van der Waals surface area contributed by atoms with Gasteiger partial charge in [-0.15, -0.1) is 6.42 Å². The van der Waals surface area contributed by atoms with Crippen molar-refractivity contribution in [2.45, 2.75) is 45.1 Å². The number of rotatable bonds is 4. The lowest BCUT2D eigenvalue weighted by Crippen LogP contribution is -2.41. The van der Waals surface area contributed by atoms with Gasteiger partial charge in [-0.25, -0.2) is 4.98 Å². The molecule has 3 heterocycles. The first kappa shape index (κ1) is 20.9. The van der Waals surface area contributed by atoms with Gasteiger partial charge in [0.15, 0.2) is 0 Å². The van der Waals surface area contributed by atoms with Crippen molar-refractivity contribution in [3.05, 3.63) is 64.5 Å². The zero-order chi connectivity index (χ0) is 22.9. The molecule has 164 valence electrons. The van der Waals surface area contributed by atoms with E-state index in [4.69, 9.17) is 16.9 Å². The van der Waals surface area contributed by atoms with Gasteiger partial charge in [0.05, 0.1) is 43.0 Å². The molecule has 0 saturated heterocycles. The fraction of sp³-hybridized carbons (Fsp3) is 0.308. The Balaban J connectivity index is 1.53. The van der Waals surface area contributed by atoms with Crippen LogP contribution in [0.5, 0.6) is 0 Å². The van der Waals surface area contributed by atoms with Crippen molar-refractivity contribution in [1.29, 1.82) is 5.26 Å². The lowest BCUT2D eigenvalue weighted by molar-refractivity contribution is 0.0636. The molecule has 33 heavy (non-hydrogen) atoms. The highest BCUT2D eigenvalue weighted by Crippen LogP contribution is 2.34. The third-order valence-corrected chi connectivity index (χ3v) is 6.61. The number of carbonyl (C=O) groups excluding carboxylic acids is 1. The van der Waals surface area contributed by atoms with Crippen LogP contribution in [0, 0.1) is 29.6 Å². The Morgan fingerprint density at radius 3 is 2.85 bits per heavy atom. The summed E-state index contributed by atoms with van der Waals surface area (Å²) in [6, 6.07) is 11.4. The van der Waals surface area contributed by atoms with Crippen LogP contribution in [-0.2, 0) is 24.5 Å². The van der Waals surface area contributed by atoms with E-state index < -0.39 is 0 Å². The average Bonchev–Trinajstić information content (AvgIpc) is 3.52. The molecule has 3 aromatic rings. The minimum absolute atomic E-state index is 0.128. The van der Waals surface area contributed by atoms with E-state index in [0.717, 1.165) is 47.0 Å². The van der Waals surface area contributed by atoms with Crippen LogP contribution in [0.15, 0.2) is 36.5 Å². The molecule has 1 aliphatic carbocycles. The monoisotopic (exact) mass is 437 g/mol. The van der Waals surface area contributed by atoms with E-state index in [0.29, 0.717) is 36.7 Å². The molecule has 7 heteroatoms. The summed E-state index contributed by atoms with van der Waals surface area (Å²) in [7, 11) is 0. The number of fused-ring (bicyclic) bond motifs is 3. The molecule has 2 aliphatic rings. The molecule has 7 nitrogen and oxygen atoms in total. The van der Waals surface area contributed by atoms with Crippen LogP contribution in [0.4, 0.5) is 5.82 Å². The second-order valence-electron chi connectivity index (χ2n) is 8.53. The first-order valence-electron chi connectivity index (χ1n) is 11.0. The summed E-state index contributed by atoms with van der Waals surface area (Å²) in [6.07, 6.45) is 9.57. The second kappa shape index (κ2) is 8.54. The summed E-state index contributed by atoms with van der Waals surface area (Å²) in [4.78, 5) is 24.5. The van der Waals surface area contributed by atoms with Crippen LogP contribution in [-0.4, -0.2) is 26.8 Å². The van der Waals surface area contributed by atoms with E-state index in [-0.39, 0.29) is 17.9 Å². The summed E-state index contributed by atoms with van der Waals surface area (Å²) in [5.41, 5.74) is 10.7. The average molecular weight is 438 g/mol. The highest BCUT2D eigenvalue weighted by Gasteiger charge is 2.35. The highest BCUT2D eigenvalue weighted by molar-refractivity contribution is 5.99. The Bertz CT molecular complexity index is 1320. The predicted molar refractivity (Wildman–Crippen MR) is 123 cm³/mol. The zero-order valence-corrected chi connectivity index (χ0v) is 18.1. The van der Waals surface area contributed by atoms with Crippen LogP contribution >= 0.6 is 0 Å². The standard InChI is InChI=1S/C26H23N5O2/c1-2-16-6-8-19(29-12-16)13-31(24-5-3-4-18(24)11-27)26(32)17-7-9-23-20(10-17)21-14-33-15-22(21)25(28)30-23/h1,6-10,12,18,24H,3-5,13-15H2,(H2,28,30). The fourth-order valence-electron chi connectivity index (χ4n) is 4.85. The molecular formula is C26H23N5O2. The van der Waals surface area contributed by atoms with Gasteiger partial charge in [0.2, 0.25) is 0 Å². The predicted octanol–water partition coefficient (Wildman–Crippen LogP) is 3.56. The fourth-order valence-corrected chi connectivity index (χ4v) is 4.85. The van der Waals surface area contributed by atoms with E-state index in [1.165, 1.54) is 0 Å². The minimum atomic E-state index is -0.196. The Labute approximate surface area is 192 Å². The van der Waals surface area contributed by atoms with Gasteiger partial charge in [-0.1, -0.05) is 5.92 Å². The lowest BCUT2D eigenvalue weighted by atomic mass is 10.00. The summed E-state index contributed by atoms with van der Waals surface area (Å²) < 4.78 is 5.59. The van der Waals surface area contributed by atoms with Crippen molar-refractivity contribution in [1.82, 2.24) is 14.9 Å². The number of carbonyl (C=O) groups is 1. The topological polar surface area (TPSA) is 105 Å². The van der Waals surface area contributed by atoms with Gasteiger partial charge in [-0.05, 0) is 55.2 Å². The number of benzene rings is 1.